The van der Waals surface area contributed by atoms with Gasteiger partial charge in [-0.2, -0.15) is 0 Å². The van der Waals surface area contributed by atoms with Crippen LogP contribution in [0.4, 0.5) is 0 Å². The number of carbonyl (C=O) groups excluding carboxylic acids is 2. The van der Waals surface area contributed by atoms with E-state index in [9.17, 15) is 9.59 Å². The fourth-order valence-corrected chi connectivity index (χ4v) is 1.47. The van der Waals surface area contributed by atoms with Crippen LogP contribution < -0.4 is 11.1 Å². The van der Waals surface area contributed by atoms with Gasteiger partial charge in [0.05, 0.1) is 26.4 Å². The van der Waals surface area contributed by atoms with Gasteiger partial charge in [-0.3, -0.25) is 9.59 Å². The van der Waals surface area contributed by atoms with Crippen molar-refractivity contribution >= 4 is 11.7 Å². The Balaban J connectivity index is 3.12. The quantitative estimate of drug-likeness (QED) is 0.345. The van der Waals surface area contributed by atoms with Crippen molar-refractivity contribution in [3.63, 3.8) is 0 Å². The molecular formula is C15H30N2O6. The van der Waals surface area contributed by atoms with E-state index in [-0.39, 0.29) is 24.9 Å². The molecule has 23 heavy (non-hydrogen) atoms. The van der Waals surface area contributed by atoms with Crippen LogP contribution in [0.5, 0.6) is 0 Å². The first-order valence-electron chi connectivity index (χ1n) is 7.94. The van der Waals surface area contributed by atoms with Gasteiger partial charge in [0.1, 0.15) is 13.2 Å². The lowest BCUT2D eigenvalue weighted by atomic mass is 10.4. The van der Waals surface area contributed by atoms with Gasteiger partial charge in [0.15, 0.2) is 5.78 Å². The van der Waals surface area contributed by atoms with Crippen molar-refractivity contribution in [3.05, 3.63) is 0 Å². The molecule has 0 rings (SSSR count). The van der Waals surface area contributed by atoms with Crippen LogP contribution >= 0.6 is 0 Å². The molecule has 0 aromatic heterocycles. The summed E-state index contributed by atoms with van der Waals surface area (Å²) in [6, 6.07) is 0. The Morgan fingerprint density at radius 3 is 1.96 bits per heavy atom. The molecule has 0 bridgehead atoms. The summed E-state index contributed by atoms with van der Waals surface area (Å²) < 4.78 is 20.9. The second-order valence-electron chi connectivity index (χ2n) is 4.88. The maximum absolute atomic E-state index is 11.3. The van der Waals surface area contributed by atoms with Crippen LogP contribution in [0.25, 0.3) is 0 Å². The summed E-state index contributed by atoms with van der Waals surface area (Å²) in [5, 5.41) is 2.68. The van der Waals surface area contributed by atoms with E-state index < -0.39 is 0 Å². The Morgan fingerprint density at radius 2 is 1.39 bits per heavy atom. The lowest BCUT2D eigenvalue weighted by molar-refractivity contribution is -0.129. The zero-order chi connectivity index (χ0) is 17.2. The predicted octanol–water partition coefficient (Wildman–Crippen LogP) is -0.503. The van der Waals surface area contributed by atoms with E-state index >= 15 is 0 Å². The first kappa shape index (κ1) is 21.9. The van der Waals surface area contributed by atoms with Gasteiger partial charge in [-0.05, 0) is 26.3 Å². The van der Waals surface area contributed by atoms with Crippen molar-refractivity contribution in [2.45, 2.75) is 19.8 Å². The molecule has 0 aromatic rings. The smallest absolute Gasteiger partial charge is 0.246 e. The summed E-state index contributed by atoms with van der Waals surface area (Å²) in [5.41, 5.74) is 5.34. The Hall–Kier alpha value is -1.06. The fraction of sp³-hybridized carbons (Fsp3) is 0.867. The van der Waals surface area contributed by atoms with E-state index in [2.05, 4.69) is 5.32 Å². The highest BCUT2D eigenvalue weighted by atomic mass is 16.5. The number of amides is 1. The molecule has 8 nitrogen and oxygen atoms in total. The summed E-state index contributed by atoms with van der Waals surface area (Å²) in [6.45, 7) is 5.79. The molecule has 0 atom stereocenters. The maximum atomic E-state index is 11.3. The molecule has 0 spiro atoms. The van der Waals surface area contributed by atoms with Crippen molar-refractivity contribution < 1.29 is 28.5 Å². The monoisotopic (exact) mass is 334 g/mol. The molecule has 0 heterocycles. The van der Waals surface area contributed by atoms with E-state index in [1.54, 1.807) is 0 Å². The van der Waals surface area contributed by atoms with Crippen molar-refractivity contribution in [2.75, 3.05) is 65.9 Å². The van der Waals surface area contributed by atoms with E-state index in [0.29, 0.717) is 59.2 Å². The third-order valence-corrected chi connectivity index (χ3v) is 2.56. The number of ether oxygens (including phenoxy) is 4. The fourth-order valence-electron chi connectivity index (χ4n) is 1.47. The molecule has 0 fully saturated rings. The number of carbonyl (C=O) groups is 2. The van der Waals surface area contributed by atoms with Crippen molar-refractivity contribution in [3.8, 4) is 0 Å². The first-order chi connectivity index (χ1) is 11.2. The van der Waals surface area contributed by atoms with Crippen LogP contribution in [0.3, 0.4) is 0 Å². The van der Waals surface area contributed by atoms with Gasteiger partial charge >= 0.3 is 0 Å². The van der Waals surface area contributed by atoms with Crippen LogP contribution in [-0.2, 0) is 28.5 Å². The zero-order valence-corrected chi connectivity index (χ0v) is 14.0. The Morgan fingerprint density at radius 1 is 0.826 bits per heavy atom. The number of hydrogen-bond acceptors (Lipinski definition) is 7. The highest BCUT2D eigenvalue weighted by Gasteiger charge is 2.01. The Kier molecular flexibility index (Phi) is 16.5. The van der Waals surface area contributed by atoms with Crippen molar-refractivity contribution in [1.82, 2.24) is 5.32 Å². The summed E-state index contributed by atoms with van der Waals surface area (Å²) in [4.78, 5) is 21.9. The molecule has 0 unspecified atom stereocenters. The third-order valence-electron chi connectivity index (χ3n) is 2.56. The molecule has 136 valence electrons. The summed E-state index contributed by atoms with van der Waals surface area (Å²) in [6.07, 6.45) is 1.57. The maximum Gasteiger partial charge on any atom is 0.246 e. The molecule has 3 N–H and O–H groups in total. The number of rotatable bonds is 17. The van der Waals surface area contributed by atoms with E-state index in [1.807, 2.05) is 0 Å². The Labute approximate surface area is 138 Å². The zero-order valence-electron chi connectivity index (χ0n) is 14.0. The van der Waals surface area contributed by atoms with Crippen molar-refractivity contribution in [1.29, 1.82) is 0 Å². The summed E-state index contributed by atoms with van der Waals surface area (Å²) in [7, 11) is 0. The topological polar surface area (TPSA) is 109 Å². The van der Waals surface area contributed by atoms with Crippen LogP contribution in [0.1, 0.15) is 19.8 Å². The van der Waals surface area contributed by atoms with Gasteiger partial charge in [0.25, 0.3) is 0 Å². The van der Waals surface area contributed by atoms with Gasteiger partial charge in [0, 0.05) is 19.8 Å². The number of nitrogens with one attached hydrogen (secondary N) is 1. The average Bonchev–Trinajstić information content (AvgIpc) is 2.51. The molecule has 0 aromatic carbocycles. The lowest BCUT2D eigenvalue weighted by Crippen LogP contribution is -2.29. The van der Waals surface area contributed by atoms with Crippen LogP contribution in [0.15, 0.2) is 0 Å². The molecule has 0 aliphatic carbocycles. The minimum absolute atomic E-state index is 0.0331. The van der Waals surface area contributed by atoms with Crippen LogP contribution in [0.2, 0.25) is 0 Å². The third kappa shape index (κ3) is 18.9. The molecule has 0 saturated carbocycles. The minimum atomic E-state index is -0.232. The molecule has 0 aliphatic rings. The summed E-state index contributed by atoms with van der Waals surface area (Å²) in [5.74, 6) is -0.334. The molecule has 8 heteroatoms. The standard InChI is InChI=1S/C15H30N2O6/c1-14(18)12-23-13-15(19)17-5-3-7-21-9-11-22-10-8-20-6-2-4-16/h2-13,16H2,1H3,(H,17,19). The van der Waals surface area contributed by atoms with E-state index in [0.717, 1.165) is 6.42 Å². The van der Waals surface area contributed by atoms with E-state index in [4.69, 9.17) is 24.7 Å². The second-order valence-corrected chi connectivity index (χ2v) is 4.88. The molecule has 0 radical (unpaired) electrons. The second kappa shape index (κ2) is 17.3. The minimum Gasteiger partial charge on any atom is -0.379 e. The van der Waals surface area contributed by atoms with Gasteiger partial charge in [0.2, 0.25) is 5.91 Å². The number of Topliss-reactive ketones (excluding diaryl/α,β-unsaturated/α-hetero) is 1. The highest BCUT2D eigenvalue weighted by Crippen LogP contribution is 1.85. The van der Waals surface area contributed by atoms with Crippen LogP contribution in [-0.4, -0.2) is 77.6 Å². The Bertz CT molecular complexity index is 302. The number of hydrogen-bond donors (Lipinski definition) is 2. The van der Waals surface area contributed by atoms with Gasteiger partial charge in [-0.25, -0.2) is 0 Å². The molecular weight excluding hydrogens is 304 g/mol. The first-order valence-corrected chi connectivity index (χ1v) is 7.94. The largest absolute Gasteiger partial charge is 0.379 e. The summed E-state index contributed by atoms with van der Waals surface area (Å²) >= 11 is 0. The predicted molar refractivity (Wildman–Crippen MR) is 85.3 cm³/mol. The van der Waals surface area contributed by atoms with Gasteiger partial charge < -0.3 is 30.0 Å². The normalized spacial score (nSPS) is 10.7. The molecule has 0 aliphatic heterocycles. The van der Waals surface area contributed by atoms with Gasteiger partial charge in [-0.15, -0.1) is 0 Å². The van der Waals surface area contributed by atoms with Crippen LogP contribution in [0, 0.1) is 0 Å². The number of nitrogens with two attached hydrogens (primary N) is 1. The average molecular weight is 334 g/mol. The SMILES string of the molecule is CC(=O)COCC(=O)NCCCOCCOCCOCCCN. The lowest BCUT2D eigenvalue weighted by Gasteiger charge is -2.07. The molecule has 0 saturated heterocycles. The molecule has 1 amide bonds. The van der Waals surface area contributed by atoms with Crippen molar-refractivity contribution in [2.24, 2.45) is 5.73 Å². The number of ketones is 1. The van der Waals surface area contributed by atoms with Gasteiger partial charge in [-0.1, -0.05) is 0 Å². The van der Waals surface area contributed by atoms with E-state index in [1.165, 1.54) is 6.92 Å². The highest BCUT2D eigenvalue weighted by molar-refractivity contribution is 5.79.